The maximum Gasteiger partial charge on any atom is 0.332 e. The van der Waals surface area contributed by atoms with Crippen molar-refractivity contribution in [1.82, 2.24) is 4.98 Å². The van der Waals surface area contributed by atoms with Crippen LogP contribution >= 0.6 is 11.6 Å². The molecule has 5 N–H and O–H groups in total. The summed E-state index contributed by atoms with van der Waals surface area (Å²) in [5.74, 6) is -3.14. The molecule has 31 heavy (non-hydrogen) atoms. The number of amidine groups is 1. The molecule has 2 aromatic rings. The standard InChI is InChI=1S/C23H28ClN3O4/c1-13-9-22(6-5-19(13)30-2)10-15-4-3-14(16-7-17(24)12-27-11-16)8-18(15)20(22)23(28,29)31-21(25)26/h3-4,7-8,11-13,19-20,28-29H,5-6,9-10H2,1-2H3,(H3,25,26)/t13-,19-,20?,22-/m1/s1. The van der Waals surface area contributed by atoms with E-state index in [1.165, 1.54) is 0 Å². The van der Waals surface area contributed by atoms with E-state index in [9.17, 15) is 10.2 Å². The summed E-state index contributed by atoms with van der Waals surface area (Å²) in [4.78, 5) is 4.16. The van der Waals surface area contributed by atoms with Gasteiger partial charge in [-0.15, -0.1) is 0 Å². The highest BCUT2D eigenvalue weighted by Crippen LogP contribution is 2.60. The molecule has 1 aromatic carbocycles. The maximum atomic E-state index is 11.0. The van der Waals surface area contributed by atoms with Crippen LogP contribution in [0.1, 0.15) is 43.2 Å². The van der Waals surface area contributed by atoms with Crippen molar-refractivity contribution in [2.24, 2.45) is 17.1 Å². The highest BCUT2D eigenvalue weighted by atomic mass is 35.5. The summed E-state index contributed by atoms with van der Waals surface area (Å²) in [5, 5.41) is 30.0. The van der Waals surface area contributed by atoms with E-state index < -0.39 is 23.3 Å². The Labute approximate surface area is 186 Å². The van der Waals surface area contributed by atoms with Crippen LogP contribution in [-0.4, -0.2) is 40.4 Å². The minimum absolute atomic E-state index is 0.128. The van der Waals surface area contributed by atoms with Gasteiger partial charge in [-0.2, -0.15) is 0 Å². The van der Waals surface area contributed by atoms with Crippen LogP contribution < -0.4 is 5.73 Å². The number of rotatable bonds is 4. The Morgan fingerprint density at radius 2 is 2.06 bits per heavy atom. The normalized spacial score (nSPS) is 27.8. The van der Waals surface area contributed by atoms with E-state index in [2.05, 4.69) is 11.9 Å². The Hall–Kier alpha value is -2.19. The molecule has 0 bridgehead atoms. The van der Waals surface area contributed by atoms with Gasteiger partial charge in [0, 0.05) is 25.1 Å². The summed E-state index contributed by atoms with van der Waals surface area (Å²) in [6.07, 6.45) is 6.39. The van der Waals surface area contributed by atoms with Gasteiger partial charge in [0.1, 0.15) is 0 Å². The number of halogens is 1. The van der Waals surface area contributed by atoms with Crippen LogP contribution in [0.5, 0.6) is 0 Å². The van der Waals surface area contributed by atoms with Crippen molar-refractivity contribution in [2.75, 3.05) is 7.11 Å². The highest BCUT2D eigenvalue weighted by molar-refractivity contribution is 6.30. The number of aliphatic hydroxyl groups is 2. The van der Waals surface area contributed by atoms with Gasteiger partial charge < -0.3 is 25.4 Å². The first-order valence-corrected chi connectivity index (χ1v) is 10.8. The fourth-order valence-electron chi connectivity index (χ4n) is 5.77. The molecule has 0 amide bonds. The van der Waals surface area contributed by atoms with Crippen LogP contribution in [0, 0.1) is 16.7 Å². The van der Waals surface area contributed by atoms with Gasteiger partial charge in [0.05, 0.1) is 17.0 Å². The molecule has 1 saturated carbocycles. The van der Waals surface area contributed by atoms with Crippen molar-refractivity contribution in [3.05, 3.63) is 52.8 Å². The van der Waals surface area contributed by atoms with Gasteiger partial charge in [-0.05, 0) is 59.8 Å². The predicted molar refractivity (Wildman–Crippen MR) is 118 cm³/mol. The van der Waals surface area contributed by atoms with E-state index >= 15 is 0 Å². The summed E-state index contributed by atoms with van der Waals surface area (Å²) in [7, 11) is 1.71. The van der Waals surface area contributed by atoms with E-state index in [4.69, 9.17) is 32.2 Å². The molecule has 2 aliphatic rings. The van der Waals surface area contributed by atoms with Crippen molar-refractivity contribution in [2.45, 2.75) is 50.6 Å². The number of fused-ring (bicyclic) bond motifs is 1. The summed E-state index contributed by atoms with van der Waals surface area (Å²) in [6.45, 7) is 2.13. The van der Waals surface area contributed by atoms with E-state index in [0.29, 0.717) is 11.4 Å². The van der Waals surface area contributed by atoms with Crippen molar-refractivity contribution in [3.8, 4) is 11.1 Å². The van der Waals surface area contributed by atoms with Gasteiger partial charge in [-0.3, -0.25) is 10.4 Å². The second-order valence-corrected chi connectivity index (χ2v) is 9.33. The Morgan fingerprint density at radius 3 is 2.71 bits per heavy atom. The second kappa shape index (κ2) is 8.06. The number of hydrogen-bond acceptors (Lipinski definition) is 6. The zero-order valence-corrected chi connectivity index (χ0v) is 18.4. The number of ether oxygens (including phenoxy) is 2. The molecule has 4 atom stereocenters. The molecule has 1 aromatic heterocycles. The molecular formula is C23H28ClN3O4. The van der Waals surface area contributed by atoms with E-state index in [-0.39, 0.29) is 12.0 Å². The first-order valence-electron chi connectivity index (χ1n) is 10.4. The zero-order chi connectivity index (χ0) is 22.4. The third-order valence-electron chi connectivity index (χ3n) is 6.88. The van der Waals surface area contributed by atoms with Crippen LogP contribution in [-0.2, 0) is 15.9 Å². The number of aromatic nitrogens is 1. The second-order valence-electron chi connectivity index (χ2n) is 8.90. The number of nitrogens with zero attached hydrogens (tertiary/aromatic N) is 1. The molecule has 8 heteroatoms. The van der Waals surface area contributed by atoms with Crippen LogP contribution in [0.15, 0.2) is 36.7 Å². The van der Waals surface area contributed by atoms with Crippen molar-refractivity contribution >= 4 is 17.6 Å². The lowest BCUT2D eigenvalue weighted by molar-refractivity contribution is -0.331. The lowest BCUT2D eigenvalue weighted by atomic mass is 9.62. The van der Waals surface area contributed by atoms with Crippen LogP contribution in [0.2, 0.25) is 5.02 Å². The molecule has 4 rings (SSSR count). The Bertz CT molecular complexity index is 999. The number of benzene rings is 1. The van der Waals surface area contributed by atoms with Gasteiger partial charge in [0.2, 0.25) is 0 Å². The zero-order valence-electron chi connectivity index (χ0n) is 17.6. The monoisotopic (exact) mass is 445 g/mol. The Balaban J connectivity index is 1.80. The molecular weight excluding hydrogens is 418 g/mol. The molecule has 0 aliphatic heterocycles. The molecule has 7 nitrogen and oxygen atoms in total. The first-order chi connectivity index (χ1) is 14.6. The van der Waals surface area contributed by atoms with Crippen molar-refractivity contribution < 1.29 is 19.7 Å². The van der Waals surface area contributed by atoms with Crippen molar-refractivity contribution in [3.63, 3.8) is 0 Å². The van der Waals surface area contributed by atoms with E-state index in [0.717, 1.165) is 41.5 Å². The topological polar surface area (TPSA) is 122 Å². The molecule has 0 radical (unpaired) electrons. The quantitative estimate of drug-likeness (QED) is 0.325. The van der Waals surface area contributed by atoms with Gasteiger partial charge in [0.15, 0.2) is 0 Å². The molecule has 1 heterocycles. The number of hydrogen-bond donors (Lipinski definition) is 4. The highest BCUT2D eigenvalue weighted by Gasteiger charge is 2.59. The van der Waals surface area contributed by atoms with Crippen LogP contribution in [0.4, 0.5) is 0 Å². The van der Waals surface area contributed by atoms with Gasteiger partial charge in [-0.25, -0.2) is 0 Å². The largest absolute Gasteiger partial charge is 0.407 e. The third kappa shape index (κ3) is 4.03. The maximum absolute atomic E-state index is 11.0. The average molecular weight is 446 g/mol. The lowest BCUT2D eigenvalue weighted by Crippen LogP contribution is -2.51. The molecule has 0 saturated heterocycles. The minimum atomic E-state index is -2.61. The van der Waals surface area contributed by atoms with Crippen molar-refractivity contribution in [1.29, 1.82) is 5.41 Å². The summed E-state index contributed by atoms with van der Waals surface area (Å²) >= 11 is 6.12. The molecule has 1 unspecified atom stereocenters. The Morgan fingerprint density at radius 1 is 1.29 bits per heavy atom. The van der Waals surface area contributed by atoms with Crippen LogP contribution in [0.3, 0.4) is 0 Å². The summed E-state index contributed by atoms with van der Waals surface area (Å²) < 4.78 is 10.7. The van der Waals surface area contributed by atoms with E-state index in [1.807, 2.05) is 24.3 Å². The fourth-order valence-corrected chi connectivity index (χ4v) is 5.94. The predicted octanol–water partition coefficient (Wildman–Crippen LogP) is 3.41. The number of nitrogens with one attached hydrogen (secondary N) is 1. The van der Waals surface area contributed by atoms with Gasteiger partial charge >= 0.3 is 5.97 Å². The summed E-state index contributed by atoms with van der Waals surface area (Å²) in [6, 6.07) is 7.04. The average Bonchev–Trinajstić information content (AvgIpc) is 3.00. The Kier molecular flexibility index (Phi) is 5.72. The summed E-state index contributed by atoms with van der Waals surface area (Å²) in [5.41, 5.74) is 8.47. The lowest BCUT2D eigenvalue weighted by Gasteiger charge is -2.47. The number of pyridine rings is 1. The number of nitrogens with two attached hydrogens (primary N) is 1. The molecule has 1 fully saturated rings. The van der Waals surface area contributed by atoms with Crippen LogP contribution in [0.25, 0.3) is 11.1 Å². The molecule has 166 valence electrons. The third-order valence-corrected chi connectivity index (χ3v) is 7.09. The smallest absolute Gasteiger partial charge is 0.332 e. The first kappa shape index (κ1) is 22.0. The molecule has 1 spiro atoms. The van der Waals surface area contributed by atoms with E-state index in [1.54, 1.807) is 19.5 Å². The fraction of sp³-hybridized carbons (Fsp3) is 0.478. The van der Waals surface area contributed by atoms with Gasteiger partial charge in [-0.1, -0.05) is 36.7 Å². The SMILES string of the molecule is CO[C@@H]1CC[C@]2(Cc3ccc(-c4cncc(Cl)c4)cc3C2C(O)(O)OC(=N)N)C[C@H]1C. The number of methoxy groups -OCH3 is 1. The van der Waals surface area contributed by atoms with Gasteiger partial charge in [0.25, 0.3) is 6.02 Å². The minimum Gasteiger partial charge on any atom is -0.407 e. The molecule has 2 aliphatic carbocycles.